The second-order valence-corrected chi connectivity index (χ2v) is 2.63. The summed E-state index contributed by atoms with van der Waals surface area (Å²) in [5.41, 5.74) is 0.730. The van der Waals surface area contributed by atoms with Crippen molar-refractivity contribution in [3.63, 3.8) is 0 Å². The minimum Gasteiger partial charge on any atom is -0.386 e. The van der Waals surface area contributed by atoms with Crippen molar-refractivity contribution in [3.8, 4) is 0 Å². The molecule has 0 aliphatic heterocycles. The van der Waals surface area contributed by atoms with Crippen LogP contribution in [0.3, 0.4) is 0 Å². The van der Waals surface area contributed by atoms with Gasteiger partial charge in [-0.05, 0) is 17.7 Å². The van der Waals surface area contributed by atoms with Gasteiger partial charge in [-0.15, -0.1) is 0 Å². The molecule has 1 unspecified atom stereocenters. The molecule has 0 amide bonds. The van der Waals surface area contributed by atoms with Crippen molar-refractivity contribution in [2.75, 3.05) is 6.67 Å². The molecule has 0 aliphatic rings. The third-order valence-electron chi connectivity index (χ3n) is 1.54. The highest BCUT2D eigenvalue weighted by molar-refractivity contribution is 5.49. The Kier molecular flexibility index (Phi) is 3.58. The molecular formula is C10H10F2O. The second-order valence-electron chi connectivity index (χ2n) is 2.63. The summed E-state index contributed by atoms with van der Waals surface area (Å²) in [6.45, 7) is -0.808. The molecule has 0 fully saturated rings. The van der Waals surface area contributed by atoms with Gasteiger partial charge in [0.1, 0.15) is 18.6 Å². The highest BCUT2D eigenvalue weighted by atomic mass is 19.1. The van der Waals surface area contributed by atoms with Crippen molar-refractivity contribution in [1.29, 1.82) is 0 Å². The van der Waals surface area contributed by atoms with E-state index in [1.165, 1.54) is 18.2 Å². The van der Waals surface area contributed by atoms with Crippen molar-refractivity contribution in [1.82, 2.24) is 0 Å². The molecule has 1 aromatic rings. The van der Waals surface area contributed by atoms with Crippen molar-refractivity contribution in [3.05, 3.63) is 41.7 Å². The summed E-state index contributed by atoms with van der Waals surface area (Å²) in [6, 6.07) is 5.72. The van der Waals surface area contributed by atoms with Crippen molar-refractivity contribution in [2.45, 2.75) is 6.10 Å². The second kappa shape index (κ2) is 4.72. The maximum Gasteiger partial charge on any atom is 0.123 e. The highest BCUT2D eigenvalue weighted by Crippen LogP contribution is 2.05. The molecule has 13 heavy (non-hydrogen) atoms. The van der Waals surface area contributed by atoms with E-state index in [4.69, 9.17) is 5.11 Å². The molecule has 0 radical (unpaired) electrons. The van der Waals surface area contributed by atoms with Gasteiger partial charge in [-0.3, -0.25) is 0 Å². The van der Waals surface area contributed by atoms with Crippen LogP contribution in [0.5, 0.6) is 0 Å². The molecule has 1 rings (SSSR count). The van der Waals surface area contributed by atoms with E-state index in [0.29, 0.717) is 0 Å². The predicted octanol–water partition coefficient (Wildman–Crippen LogP) is 2.17. The van der Waals surface area contributed by atoms with Crippen LogP contribution in [0.25, 0.3) is 6.08 Å². The molecule has 1 atom stereocenters. The van der Waals surface area contributed by atoms with Gasteiger partial charge in [0.25, 0.3) is 0 Å². The lowest BCUT2D eigenvalue weighted by Gasteiger charge is -1.97. The number of aliphatic hydroxyl groups is 1. The monoisotopic (exact) mass is 184 g/mol. The molecule has 0 aromatic heterocycles. The Morgan fingerprint density at radius 1 is 1.31 bits per heavy atom. The van der Waals surface area contributed by atoms with Crippen molar-refractivity contribution >= 4 is 6.08 Å². The molecule has 3 heteroatoms. The van der Waals surface area contributed by atoms with E-state index in [0.717, 1.165) is 5.56 Å². The zero-order valence-corrected chi connectivity index (χ0v) is 6.95. The Morgan fingerprint density at radius 2 is 1.92 bits per heavy atom. The minimum atomic E-state index is -1.08. The summed E-state index contributed by atoms with van der Waals surface area (Å²) in [5.74, 6) is -0.316. The Hall–Kier alpha value is -1.22. The molecule has 1 nitrogen and oxygen atoms in total. The lowest BCUT2D eigenvalue weighted by molar-refractivity contribution is 0.184. The summed E-state index contributed by atoms with van der Waals surface area (Å²) >= 11 is 0. The zero-order chi connectivity index (χ0) is 9.68. The minimum absolute atomic E-state index is 0.316. The van der Waals surface area contributed by atoms with Crippen LogP contribution in [0.4, 0.5) is 8.78 Å². The third kappa shape index (κ3) is 3.34. The normalized spacial score (nSPS) is 13.5. The van der Waals surface area contributed by atoms with Crippen LogP contribution in [0.2, 0.25) is 0 Å². The predicted molar refractivity (Wildman–Crippen MR) is 47.4 cm³/mol. The summed E-state index contributed by atoms with van der Waals surface area (Å²) in [7, 11) is 0. The van der Waals surface area contributed by atoms with Gasteiger partial charge in [-0.25, -0.2) is 8.78 Å². The van der Waals surface area contributed by atoms with E-state index in [-0.39, 0.29) is 5.82 Å². The van der Waals surface area contributed by atoms with Gasteiger partial charge in [0.2, 0.25) is 0 Å². The number of halogens is 2. The zero-order valence-electron chi connectivity index (χ0n) is 6.95. The van der Waals surface area contributed by atoms with Gasteiger partial charge in [-0.1, -0.05) is 24.3 Å². The summed E-state index contributed by atoms with van der Waals surface area (Å²) in [6.07, 6.45) is 1.79. The Balaban J connectivity index is 2.64. The van der Waals surface area contributed by atoms with Crippen LogP contribution >= 0.6 is 0 Å². The molecule has 70 valence electrons. The third-order valence-corrected chi connectivity index (χ3v) is 1.54. The SMILES string of the molecule is OC(/C=C/c1ccc(F)cc1)CF. The van der Waals surface area contributed by atoms with Crippen LogP contribution in [-0.2, 0) is 0 Å². The quantitative estimate of drug-likeness (QED) is 0.763. The molecule has 0 saturated carbocycles. The topological polar surface area (TPSA) is 20.2 Å². The van der Waals surface area contributed by atoms with Crippen LogP contribution in [0, 0.1) is 5.82 Å². The average Bonchev–Trinajstić information content (AvgIpc) is 2.16. The number of benzene rings is 1. The largest absolute Gasteiger partial charge is 0.386 e. The van der Waals surface area contributed by atoms with Gasteiger partial charge in [0.05, 0.1) is 0 Å². The van der Waals surface area contributed by atoms with E-state index in [1.807, 2.05) is 0 Å². The Morgan fingerprint density at radius 3 is 2.46 bits per heavy atom. The number of rotatable bonds is 3. The Bertz CT molecular complexity index is 279. The number of hydrogen-bond donors (Lipinski definition) is 1. The fraction of sp³-hybridized carbons (Fsp3) is 0.200. The molecule has 0 saturated heterocycles. The van der Waals surface area contributed by atoms with Gasteiger partial charge in [0.15, 0.2) is 0 Å². The smallest absolute Gasteiger partial charge is 0.123 e. The molecule has 0 aliphatic carbocycles. The first-order chi connectivity index (χ1) is 6.22. The standard InChI is InChI=1S/C10H10F2O/c11-7-10(13)6-3-8-1-4-9(12)5-2-8/h1-6,10,13H,7H2/b6-3+. The molecular weight excluding hydrogens is 174 g/mol. The van der Waals surface area contributed by atoms with Gasteiger partial charge in [0, 0.05) is 0 Å². The lowest BCUT2D eigenvalue weighted by atomic mass is 10.2. The first-order valence-electron chi connectivity index (χ1n) is 3.90. The summed E-state index contributed by atoms with van der Waals surface area (Å²) < 4.78 is 24.2. The van der Waals surface area contributed by atoms with Gasteiger partial charge < -0.3 is 5.11 Å². The van der Waals surface area contributed by atoms with E-state index < -0.39 is 12.8 Å². The van der Waals surface area contributed by atoms with Crippen LogP contribution in [0.15, 0.2) is 30.3 Å². The van der Waals surface area contributed by atoms with Crippen LogP contribution in [-0.4, -0.2) is 17.9 Å². The van der Waals surface area contributed by atoms with Crippen molar-refractivity contribution in [2.24, 2.45) is 0 Å². The molecule has 1 aromatic carbocycles. The maximum atomic E-state index is 12.4. The van der Waals surface area contributed by atoms with Gasteiger partial charge >= 0.3 is 0 Å². The molecule has 0 bridgehead atoms. The fourth-order valence-electron chi connectivity index (χ4n) is 0.848. The summed E-state index contributed by atoms with van der Waals surface area (Å²) in [5, 5.41) is 8.84. The first kappa shape index (κ1) is 9.86. The maximum absolute atomic E-state index is 12.4. The number of hydrogen-bond acceptors (Lipinski definition) is 1. The lowest BCUT2D eigenvalue weighted by Crippen LogP contribution is -2.02. The van der Waals surface area contributed by atoms with E-state index >= 15 is 0 Å². The van der Waals surface area contributed by atoms with Crippen LogP contribution in [0.1, 0.15) is 5.56 Å². The number of aliphatic hydroxyl groups excluding tert-OH is 1. The molecule has 0 heterocycles. The molecule has 0 spiro atoms. The van der Waals surface area contributed by atoms with Gasteiger partial charge in [-0.2, -0.15) is 0 Å². The van der Waals surface area contributed by atoms with Crippen molar-refractivity contribution < 1.29 is 13.9 Å². The fourth-order valence-corrected chi connectivity index (χ4v) is 0.848. The van der Waals surface area contributed by atoms with E-state index in [2.05, 4.69) is 0 Å². The van der Waals surface area contributed by atoms with E-state index in [9.17, 15) is 8.78 Å². The van der Waals surface area contributed by atoms with E-state index in [1.54, 1.807) is 18.2 Å². The average molecular weight is 184 g/mol. The molecule has 1 N–H and O–H groups in total. The number of alkyl halides is 1. The highest BCUT2D eigenvalue weighted by Gasteiger charge is 1.95. The first-order valence-corrected chi connectivity index (χ1v) is 3.90. The van der Waals surface area contributed by atoms with Crippen LogP contribution < -0.4 is 0 Å². The Labute approximate surface area is 75.3 Å². The summed E-state index contributed by atoms with van der Waals surface area (Å²) in [4.78, 5) is 0.